The Balaban J connectivity index is 1.37. The molecule has 134 valence electrons. The molecule has 0 bridgehead atoms. The molecule has 0 radical (unpaired) electrons. The number of aromatic nitrogens is 1. The van der Waals surface area contributed by atoms with E-state index >= 15 is 0 Å². The molecule has 6 nitrogen and oxygen atoms in total. The average Bonchev–Trinajstić information content (AvgIpc) is 2.69. The number of hydrogen-bond donors (Lipinski definition) is 1. The molecule has 2 aromatic rings. The molecule has 0 saturated carbocycles. The molecule has 0 atom stereocenters. The van der Waals surface area contributed by atoms with Crippen LogP contribution in [0.4, 0.5) is 0 Å². The highest BCUT2D eigenvalue weighted by Crippen LogP contribution is 2.14. The topological polar surface area (TPSA) is 78.2 Å². The van der Waals surface area contributed by atoms with Gasteiger partial charge >= 0.3 is 0 Å². The molecule has 1 amide bonds. The number of piperidine rings is 1. The molecular formula is C20H22N4O2. The molecule has 0 spiro atoms. The minimum atomic E-state index is -0.113. The first kappa shape index (κ1) is 17.9. The first-order chi connectivity index (χ1) is 12.7. The van der Waals surface area contributed by atoms with Gasteiger partial charge < -0.3 is 10.1 Å². The van der Waals surface area contributed by atoms with Gasteiger partial charge in [-0.25, -0.2) is 0 Å². The molecule has 0 aliphatic carbocycles. The summed E-state index contributed by atoms with van der Waals surface area (Å²) in [4.78, 5) is 18.8. The fraction of sp³-hybridized carbons (Fsp3) is 0.350. The number of nitriles is 1. The lowest BCUT2D eigenvalue weighted by Gasteiger charge is -2.32. The summed E-state index contributed by atoms with van der Waals surface area (Å²) in [5, 5.41) is 11.8. The molecule has 1 fully saturated rings. The third kappa shape index (κ3) is 5.30. The van der Waals surface area contributed by atoms with Crippen molar-refractivity contribution >= 4 is 5.91 Å². The van der Waals surface area contributed by atoms with Crippen LogP contribution in [0.2, 0.25) is 0 Å². The molecule has 2 heterocycles. The monoisotopic (exact) mass is 350 g/mol. The van der Waals surface area contributed by atoms with Crippen molar-refractivity contribution < 1.29 is 9.53 Å². The van der Waals surface area contributed by atoms with Crippen LogP contribution in [-0.4, -0.2) is 41.5 Å². The number of ether oxygens (including phenoxy) is 1. The van der Waals surface area contributed by atoms with E-state index in [-0.39, 0.29) is 18.6 Å². The Kier molecular flexibility index (Phi) is 6.18. The van der Waals surface area contributed by atoms with E-state index in [1.54, 1.807) is 24.3 Å². The van der Waals surface area contributed by atoms with Gasteiger partial charge in [-0.2, -0.15) is 5.26 Å². The molecule has 26 heavy (non-hydrogen) atoms. The van der Waals surface area contributed by atoms with Crippen molar-refractivity contribution in [3.05, 3.63) is 59.9 Å². The second kappa shape index (κ2) is 8.97. The van der Waals surface area contributed by atoms with Crippen LogP contribution < -0.4 is 10.1 Å². The van der Waals surface area contributed by atoms with Crippen molar-refractivity contribution in [2.45, 2.75) is 25.4 Å². The summed E-state index contributed by atoms with van der Waals surface area (Å²) in [6.07, 6.45) is 3.67. The number of likely N-dealkylation sites (tertiary alicyclic amines) is 1. The summed E-state index contributed by atoms with van der Waals surface area (Å²) >= 11 is 0. The lowest BCUT2D eigenvalue weighted by molar-refractivity contribution is -0.124. The van der Waals surface area contributed by atoms with Gasteiger partial charge in [-0.15, -0.1) is 0 Å². The highest BCUT2D eigenvalue weighted by Gasteiger charge is 2.21. The van der Waals surface area contributed by atoms with Gasteiger partial charge in [0, 0.05) is 31.9 Å². The molecule has 6 heteroatoms. The Morgan fingerprint density at radius 1 is 1.23 bits per heavy atom. The smallest absolute Gasteiger partial charge is 0.258 e. The molecule has 0 unspecified atom stereocenters. The fourth-order valence-electron chi connectivity index (χ4n) is 3.00. The summed E-state index contributed by atoms with van der Waals surface area (Å²) in [5.74, 6) is 0.474. The predicted octanol–water partition coefficient (Wildman–Crippen LogP) is 2.11. The van der Waals surface area contributed by atoms with Crippen LogP contribution in [-0.2, 0) is 11.3 Å². The van der Waals surface area contributed by atoms with Crippen molar-refractivity contribution in [3.8, 4) is 11.8 Å². The van der Waals surface area contributed by atoms with E-state index in [4.69, 9.17) is 10.00 Å². The summed E-state index contributed by atoms with van der Waals surface area (Å²) in [5.41, 5.74) is 1.64. The Bertz CT molecular complexity index is 748. The quantitative estimate of drug-likeness (QED) is 0.863. The number of nitrogens with one attached hydrogen (secondary N) is 1. The van der Waals surface area contributed by atoms with Crippen molar-refractivity contribution in [1.82, 2.24) is 15.2 Å². The fourth-order valence-corrected chi connectivity index (χ4v) is 3.00. The SMILES string of the molecule is N#Cc1ccc(OCC(=O)NC2CCN(Cc3ccccn3)CC2)cc1. The third-order valence-electron chi connectivity index (χ3n) is 4.42. The van der Waals surface area contributed by atoms with Gasteiger partial charge in [0.1, 0.15) is 5.75 Å². The number of rotatable bonds is 6. The van der Waals surface area contributed by atoms with Crippen LogP contribution in [0.1, 0.15) is 24.1 Å². The Morgan fingerprint density at radius 2 is 2.00 bits per heavy atom. The maximum absolute atomic E-state index is 12.1. The average molecular weight is 350 g/mol. The maximum Gasteiger partial charge on any atom is 0.258 e. The molecule has 1 aliphatic rings. The summed E-state index contributed by atoms with van der Waals surface area (Å²) in [6.45, 7) is 2.72. The van der Waals surface area contributed by atoms with E-state index in [0.29, 0.717) is 11.3 Å². The van der Waals surface area contributed by atoms with E-state index in [1.807, 2.05) is 30.5 Å². The van der Waals surface area contributed by atoms with Gasteiger partial charge in [-0.1, -0.05) is 6.07 Å². The van der Waals surface area contributed by atoms with Gasteiger partial charge in [0.25, 0.3) is 5.91 Å². The zero-order chi connectivity index (χ0) is 18.2. The standard InChI is InChI=1S/C20H22N4O2/c21-13-16-4-6-19(7-5-16)26-15-20(25)23-17-8-11-24(12-9-17)14-18-3-1-2-10-22-18/h1-7,10,17H,8-9,11-12,14-15H2,(H,23,25). The molecule has 1 aromatic heterocycles. The van der Waals surface area contributed by atoms with Crippen molar-refractivity contribution in [2.24, 2.45) is 0 Å². The second-order valence-electron chi connectivity index (χ2n) is 6.36. The molecule has 1 aromatic carbocycles. The second-order valence-corrected chi connectivity index (χ2v) is 6.36. The molecule has 1 aliphatic heterocycles. The maximum atomic E-state index is 12.1. The molecule has 3 rings (SSSR count). The number of benzene rings is 1. The first-order valence-corrected chi connectivity index (χ1v) is 8.77. The number of carbonyl (C=O) groups excluding carboxylic acids is 1. The zero-order valence-electron chi connectivity index (χ0n) is 14.6. The van der Waals surface area contributed by atoms with Gasteiger partial charge in [0.2, 0.25) is 0 Å². The van der Waals surface area contributed by atoms with Gasteiger partial charge in [0.15, 0.2) is 6.61 Å². The summed E-state index contributed by atoms with van der Waals surface area (Å²) in [6, 6.07) is 14.9. The number of pyridine rings is 1. The number of nitrogens with zero attached hydrogens (tertiary/aromatic N) is 3. The van der Waals surface area contributed by atoms with E-state index in [2.05, 4.69) is 15.2 Å². The Labute approximate surface area is 153 Å². The number of hydrogen-bond acceptors (Lipinski definition) is 5. The van der Waals surface area contributed by atoms with Gasteiger partial charge in [-0.3, -0.25) is 14.7 Å². The van der Waals surface area contributed by atoms with Gasteiger partial charge in [-0.05, 0) is 49.2 Å². The summed E-state index contributed by atoms with van der Waals surface area (Å²) < 4.78 is 5.47. The normalized spacial score (nSPS) is 15.2. The van der Waals surface area contributed by atoms with Crippen LogP contribution in [0, 0.1) is 11.3 Å². The lowest BCUT2D eigenvalue weighted by Crippen LogP contribution is -2.45. The first-order valence-electron chi connectivity index (χ1n) is 8.77. The van der Waals surface area contributed by atoms with Crippen molar-refractivity contribution in [1.29, 1.82) is 5.26 Å². The number of carbonyl (C=O) groups is 1. The van der Waals surface area contributed by atoms with Crippen LogP contribution in [0.15, 0.2) is 48.7 Å². The highest BCUT2D eigenvalue weighted by atomic mass is 16.5. The van der Waals surface area contributed by atoms with E-state index in [9.17, 15) is 4.79 Å². The Morgan fingerprint density at radius 3 is 2.65 bits per heavy atom. The minimum Gasteiger partial charge on any atom is -0.484 e. The van der Waals surface area contributed by atoms with Crippen LogP contribution in [0.5, 0.6) is 5.75 Å². The lowest BCUT2D eigenvalue weighted by atomic mass is 10.0. The van der Waals surface area contributed by atoms with Crippen LogP contribution >= 0.6 is 0 Å². The highest BCUT2D eigenvalue weighted by molar-refractivity contribution is 5.77. The van der Waals surface area contributed by atoms with Crippen molar-refractivity contribution in [2.75, 3.05) is 19.7 Å². The van der Waals surface area contributed by atoms with Crippen LogP contribution in [0.3, 0.4) is 0 Å². The molecule has 1 saturated heterocycles. The van der Waals surface area contributed by atoms with E-state index < -0.39 is 0 Å². The van der Waals surface area contributed by atoms with Crippen molar-refractivity contribution in [3.63, 3.8) is 0 Å². The number of amides is 1. The minimum absolute atomic E-state index is 0.0138. The zero-order valence-corrected chi connectivity index (χ0v) is 14.6. The molecular weight excluding hydrogens is 328 g/mol. The summed E-state index contributed by atoms with van der Waals surface area (Å²) in [7, 11) is 0. The Hall–Kier alpha value is -2.91. The predicted molar refractivity (Wildman–Crippen MR) is 97.3 cm³/mol. The van der Waals surface area contributed by atoms with E-state index in [1.165, 1.54) is 0 Å². The van der Waals surface area contributed by atoms with Crippen LogP contribution in [0.25, 0.3) is 0 Å². The largest absolute Gasteiger partial charge is 0.484 e. The third-order valence-corrected chi connectivity index (χ3v) is 4.42. The molecule has 1 N–H and O–H groups in total. The van der Waals surface area contributed by atoms with Gasteiger partial charge in [0.05, 0.1) is 17.3 Å². The van der Waals surface area contributed by atoms with E-state index in [0.717, 1.165) is 38.2 Å².